The Hall–Kier alpha value is -2.37. The molecule has 1 unspecified atom stereocenters. The van der Waals surface area contributed by atoms with Crippen LogP contribution >= 0.6 is 0 Å². The maximum atomic E-state index is 12.5. The minimum absolute atomic E-state index is 0.00211. The molecule has 1 N–H and O–H groups in total. The van der Waals surface area contributed by atoms with E-state index in [9.17, 15) is 14.4 Å². The second kappa shape index (κ2) is 5.95. The number of nitrogens with zero attached hydrogens (tertiary/aromatic N) is 1. The number of ether oxygens (including phenoxy) is 1. The van der Waals surface area contributed by atoms with Gasteiger partial charge in [-0.05, 0) is 19.4 Å². The van der Waals surface area contributed by atoms with Crippen molar-refractivity contribution < 1.29 is 19.1 Å². The number of rotatable bonds is 5. The molecule has 1 aromatic rings. The second-order valence-electron chi connectivity index (χ2n) is 4.93. The lowest BCUT2D eigenvalue weighted by Crippen LogP contribution is -2.41. The van der Waals surface area contributed by atoms with E-state index in [0.29, 0.717) is 5.56 Å². The van der Waals surface area contributed by atoms with Gasteiger partial charge in [-0.1, -0.05) is 30.3 Å². The van der Waals surface area contributed by atoms with Crippen molar-refractivity contribution in [1.29, 1.82) is 0 Å². The summed E-state index contributed by atoms with van der Waals surface area (Å²) < 4.78 is 4.80. The second-order valence-corrected chi connectivity index (χ2v) is 4.93. The standard InChI is InChI=1S/C15H18N2O4/c1-3-21-12(18)9-10-17-13(19)15(2,16-14(17)20)11-7-5-4-6-8-11/h4-8H,3,9-10H2,1-2H3,(H,16,20). The number of carbonyl (C=O) groups excluding carboxylic acids is 3. The summed E-state index contributed by atoms with van der Waals surface area (Å²) in [6.07, 6.45) is -0.00211. The Balaban J connectivity index is 2.11. The highest BCUT2D eigenvalue weighted by atomic mass is 16.5. The van der Waals surface area contributed by atoms with Crippen LogP contribution in [0.3, 0.4) is 0 Å². The quantitative estimate of drug-likeness (QED) is 0.657. The normalized spacial score (nSPS) is 21.3. The largest absolute Gasteiger partial charge is 0.466 e. The van der Waals surface area contributed by atoms with Crippen molar-refractivity contribution in [2.24, 2.45) is 0 Å². The first-order valence-electron chi connectivity index (χ1n) is 6.84. The molecular weight excluding hydrogens is 272 g/mol. The summed E-state index contributed by atoms with van der Waals surface area (Å²) in [4.78, 5) is 36.9. The van der Waals surface area contributed by atoms with Gasteiger partial charge in [0.25, 0.3) is 5.91 Å². The summed E-state index contributed by atoms with van der Waals surface area (Å²) in [5, 5.41) is 2.69. The van der Waals surface area contributed by atoms with Gasteiger partial charge in [0.2, 0.25) is 0 Å². The predicted octanol–water partition coefficient (Wildman–Crippen LogP) is 1.41. The summed E-state index contributed by atoms with van der Waals surface area (Å²) in [5.74, 6) is -0.783. The van der Waals surface area contributed by atoms with Crippen LogP contribution in [0.2, 0.25) is 0 Å². The summed E-state index contributed by atoms with van der Waals surface area (Å²) in [6.45, 7) is 3.66. The van der Waals surface area contributed by atoms with Crippen molar-refractivity contribution >= 4 is 17.9 Å². The Labute approximate surface area is 123 Å². The zero-order valence-electron chi connectivity index (χ0n) is 12.1. The van der Waals surface area contributed by atoms with E-state index in [2.05, 4.69) is 5.32 Å². The molecule has 2 rings (SSSR count). The SMILES string of the molecule is CCOC(=O)CCN1C(=O)NC(C)(c2ccccc2)C1=O. The summed E-state index contributed by atoms with van der Waals surface area (Å²) >= 11 is 0. The fraction of sp³-hybridized carbons (Fsp3) is 0.400. The van der Waals surface area contributed by atoms with Gasteiger partial charge in [-0.3, -0.25) is 14.5 Å². The first-order chi connectivity index (χ1) is 9.99. The predicted molar refractivity (Wildman–Crippen MR) is 75.3 cm³/mol. The zero-order valence-corrected chi connectivity index (χ0v) is 12.1. The molecular formula is C15H18N2O4. The van der Waals surface area contributed by atoms with Crippen LogP contribution in [0.4, 0.5) is 4.79 Å². The highest BCUT2D eigenvalue weighted by molar-refractivity contribution is 6.07. The van der Waals surface area contributed by atoms with Crippen molar-refractivity contribution in [2.75, 3.05) is 13.2 Å². The molecule has 1 aromatic carbocycles. The van der Waals surface area contributed by atoms with E-state index in [0.717, 1.165) is 4.90 Å². The molecule has 1 saturated heterocycles. The number of carbonyl (C=O) groups is 3. The molecule has 1 aliphatic heterocycles. The summed E-state index contributed by atoms with van der Waals surface area (Å²) in [6, 6.07) is 8.53. The Morgan fingerprint density at radius 1 is 1.29 bits per heavy atom. The lowest BCUT2D eigenvalue weighted by molar-refractivity contribution is -0.143. The van der Waals surface area contributed by atoms with E-state index >= 15 is 0 Å². The third kappa shape index (κ3) is 2.89. The molecule has 0 bridgehead atoms. The summed E-state index contributed by atoms with van der Waals surface area (Å²) in [5.41, 5.74) is -0.380. The monoisotopic (exact) mass is 290 g/mol. The van der Waals surface area contributed by atoms with Crippen LogP contribution in [-0.2, 0) is 19.9 Å². The average Bonchev–Trinajstić information content (AvgIpc) is 2.69. The number of nitrogens with one attached hydrogen (secondary N) is 1. The molecule has 0 spiro atoms. The Morgan fingerprint density at radius 2 is 1.95 bits per heavy atom. The number of imide groups is 1. The molecule has 0 aliphatic carbocycles. The molecule has 112 valence electrons. The third-order valence-electron chi connectivity index (χ3n) is 3.47. The lowest BCUT2D eigenvalue weighted by Gasteiger charge is -2.22. The molecule has 0 aromatic heterocycles. The Kier molecular flexibility index (Phi) is 4.26. The van der Waals surface area contributed by atoms with Gasteiger partial charge >= 0.3 is 12.0 Å². The average molecular weight is 290 g/mol. The van der Waals surface area contributed by atoms with Gasteiger partial charge in [0.1, 0.15) is 5.54 Å². The topological polar surface area (TPSA) is 75.7 Å². The molecule has 3 amide bonds. The molecule has 6 heteroatoms. The number of hydrogen-bond acceptors (Lipinski definition) is 4. The number of benzene rings is 1. The fourth-order valence-electron chi connectivity index (χ4n) is 2.30. The van der Waals surface area contributed by atoms with Crippen molar-refractivity contribution in [2.45, 2.75) is 25.8 Å². The van der Waals surface area contributed by atoms with Crippen LogP contribution in [0, 0.1) is 0 Å². The third-order valence-corrected chi connectivity index (χ3v) is 3.47. The fourth-order valence-corrected chi connectivity index (χ4v) is 2.30. The van der Waals surface area contributed by atoms with Gasteiger partial charge < -0.3 is 10.1 Å². The highest BCUT2D eigenvalue weighted by Gasteiger charge is 2.48. The summed E-state index contributed by atoms with van der Waals surface area (Å²) in [7, 11) is 0. The van der Waals surface area contributed by atoms with E-state index < -0.39 is 17.5 Å². The van der Waals surface area contributed by atoms with Gasteiger partial charge in [0.05, 0.1) is 13.0 Å². The van der Waals surface area contributed by atoms with Gasteiger partial charge in [0, 0.05) is 6.54 Å². The van der Waals surface area contributed by atoms with Gasteiger partial charge in [-0.25, -0.2) is 4.79 Å². The van der Waals surface area contributed by atoms with Crippen LogP contribution in [0.15, 0.2) is 30.3 Å². The molecule has 1 aliphatic rings. The van der Waals surface area contributed by atoms with Gasteiger partial charge in [0.15, 0.2) is 0 Å². The van der Waals surface area contributed by atoms with Gasteiger partial charge in [-0.2, -0.15) is 0 Å². The van der Waals surface area contributed by atoms with Crippen LogP contribution in [-0.4, -0.2) is 36.0 Å². The molecule has 1 atom stereocenters. The first-order valence-corrected chi connectivity index (χ1v) is 6.84. The smallest absolute Gasteiger partial charge is 0.325 e. The number of esters is 1. The number of urea groups is 1. The Bertz CT molecular complexity index is 558. The zero-order chi connectivity index (χ0) is 15.5. The minimum Gasteiger partial charge on any atom is -0.466 e. The molecule has 21 heavy (non-hydrogen) atoms. The van der Waals surface area contributed by atoms with Crippen molar-refractivity contribution in [3.63, 3.8) is 0 Å². The van der Waals surface area contributed by atoms with Crippen LogP contribution in [0.1, 0.15) is 25.8 Å². The van der Waals surface area contributed by atoms with E-state index in [1.165, 1.54) is 0 Å². The van der Waals surface area contributed by atoms with E-state index in [1.807, 2.05) is 6.07 Å². The highest BCUT2D eigenvalue weighted by Crippen LogP contribution is 2.28. The van der Waals surface area contributed by atoms with Gasteiger partial charge in [-0.15, -0.1) is 0 Å². The number of amides is 3. The van der Waals surface area contributed by atoms with Crippen molar-refractivity contribution in [3.8, 4) is 0 Å². The van der Waals surface area contributed by atoms with Crippen molar-refractivity contribution in [3.05, 3.63) is 35.9 Å². The molecule has 1 heterocycles. The van der Waals surface area contributed by atoms with E-state index in [1.54, 1.807) is 38.1 Å². The van der Waals surface area contributed by atoms with E-state index in [-0.39, 0.29) is 25.5 Å². The molecule has 6 nitrogen and oxygen atoms in total. The lowest BCUT2D eigenvalue weighted by atomic mass is 9.92. The van der Waals surface area contributed by atoms with Crippen LogP contribution < -0.4 is 5.32 Å². The molecule has 0 radical (unpaired) electrons. The molecule has 0 saturated carbocycles. The minimum atomic E-state index is -1.09. The van der Waals surface area contributed by atoms with Crippen LogP contribution in [0.25, 0.3) is 0 Å². The van der Waals surface area contributed by atoms with E-state index in [4.69, 9.17) is 4.74 Å². The van der Waals surface area contributed by atoms with Crippen LogP contribution in [0.5, 0.6) is 0 Å². The maximum absolute atomic E-state index is 12.5. The Morgan fingerprint density at radius 3 is 2.57 bits per heavy atom. The number of hydrogen-bond donors (Lipinski definition) is 1. The maximum Gasteiger partial charge on any atom is 0.325 e. The van der Waals surface area contributed by atoms with Crippen molar-refractivity contribution in [1.82, 2.24) is 10.2 Å². The first kappa shape index (κ1) is 15.0. The molecule has 1 fully saturated rings.